The van der Waals surface area contributed by atoms with E-state index in [9.17, 15) is 13.2 Å². The largest absolute Gasteiger partial charge is 0.495 e. The van der Waals surface area contributed by atoms with Crippen LogP contribution in [-0.2, 0) is 21.3 Å². The molecule has 2 aromatic carbocycles. The number of furan rings is 1. The number of carbonyl (C=O) groups excluding carboxylic acids is 1. The number of carbonyl (C=O) groups is 1. The predicted octanol–water partition coefficient (Wildman–Crippen LogP) is 4.90. The van der Waals surface area contributed by atoms with Crippen molar-refractivity contribution >= 4 is 33.3 Å². The van der Waals surface area contributed by atoms with Crippen molar-refractivity contribution in [2.45, 2.75) is 31.4 Å². The average molecular weight is 464 g/mol. The number of benzene rings is 2. The number of para-hydroxylation sites is 2. The van der Waals surface area contributed by atoms with Gasteiger partial charge in [-0.25, -0.2) is 13.2 Å². The quantitative estimate of drug-likeness (QED) is 0.441. The molecule has 0 aliphatic carbocycles. The topological polar surface area (TPSA) is 86.0 Å². The van der Waals surface area contributed by atoms with E-state index < -0.39 is 16.0 Å². The molecular weight excluding hydrogens is 442 g/mol. The zero-order valence-electron chi connectivity index (χ0n) is 17.2. The van der Waals surface area contributed by atoms with Gasteiger partial charge in [0.25, 0.3) is 10.0 Å². The Balaban J connectivity index is 2.02. The number of nitrogens with zero attached hydrogens (tertiary/aromatic N) is 1. The lowest BCUT2D eigenvalue weighted by atomic mass is 10.3. The van der Waals surface area contributed by atoms with Crippen molar-refractivity contribution in [2.24, 2.45) is 0 Å². The fourth-order valence-electron chi connectivity index (χ4n) is 2.86. The highest BCUT2D eigenvalue weighted by Crippen LogP contribution is 2.34. The standard InChI is InChI=1S/C22H22ClNO6S/c1-15(2)29-22(25)21-13-10-17(30-21)14-24(19-6-4-5-7-20(19)28-3)31(26,27)18-11-8-16(23)9-12-18/h4-13,15H,14H2,1-3H3. The van der Waals surface area contributed by atoms with Crippen LogP contribution < -0.4 is 9.04 Å². The summed E-state index contributed by atoms with van der Waals surface area (Å²) < 4.78 is 44.2. The molecular formula is C22H22ClNO6S. The molecule has 0 saturated heterocycles. The first-order valence-corrected chi connectivity index (χ1v) is 11.2. The molecule has 1 aromatic heterocycles. The zero-order chi connectivity index (χ0) is 22.6. The van der Waals surface area contributed by atoms with E-state index >= 15 is 0 Å². The highest BCUT2D eigenvalue weighted by Gasteiger charge is 2.29. The van der Waals surface area contributed by atoms with Gasteiger partial charge in [0, 0.05) is 5.02 Å². The van der Waals surface area contributed by atoms with Gasteiger partial charge in [-0.1, -0.05) is 23.7 Å². The fourth-order valence-corrected chi connectivity index (χ4v) is 4.42. The van der Waals surface area contributed by atoms with Gasteiger partial charge in [-0.2, -0.15) is 0 Å². The Kier molecular flexibility index (Phi) is 6.92. The third kappa shape index (κ3) is 5.21. The molecule has 0 bridgehead atoms. The Morgan fingerprint density at radius 3 is 2.39 bits per heavy atom. The summed E-state index contributed by atoms with van der Waals surface area (Å²) in [6, 6.07) is 15.6. The van der Waals surface area contributed by atoms with Crippen LogP contribution in [0.1, 0.15) is 30.2 Å². The summed E-state index contributed by atoms with van der Waals surface area (Å²) in [5, 5.41) is 0.419. The van der Waals surface area contributed by atoms with E-state index in [0.717, 1.165) is 4.31 Å². The lowest BCUT2D eigenvalue weighted by Gasteiger charge is -2.25. The Bertz CT molecular complexity index is 1150. The van der Waals surface area contributed by atoms with Gasteiger partial charge in [0.1, 0.15) is 11.5 Å². The third-order valence-corrected chi connectivity index (χ3v) is 6.29. The van der Waals surface area contributed by atoms with Crippen molar-refractivity contribution in [1.82, 2.24) is 0 Å². The average Bonchev–Trinajstić information content (AvgIpc) is 3.21. The van der Waals surface area contributed by atoms with E-state index in [4.69, 9.17) is 25.5 Å². The minimum absolute atomic E-state index is 0.00688. The molecule has 1 heterocycles. The van der Waals surface area contributed by atoms with Gasteiger partial charge >= 0.3 is 5.97 Å². The number of rotatable bonds is 8. The minimum atomic E-state index is -4.01. The van der Waals surface area contributed by atoms with Crippen LogP contribution in [0.4, 0.5) is 5.69 Å². The molecule has 3 rings (SSSR count). The first kappa shape index (κ1) is 22.7. The lowest BCUT2D eigenvalue weighted by molar-refractivity contribution is 0.0339. The molecule has 0 saturated carbocycles. The van der Waals surface area contributed by atoms with Gasteiger partial charge in [0.2, 0.25) is 5.76 Å². The van der Waals surface area contributed by atoms with Crippen LogP contribution in [-0.4, -0.2) is 27.6 Å². The van der Waals surface area contributed by atoms with Crippen molar-refractivity contribution in [1.29, 1.82) is 0 Å². The number of anilines is 1. The van der Waals surface area contributed by atoms with E-state index in [0.29, 0.717) is 16.5 Å². The lowest BCUT2D eigenvalue weighted by Crippen LogP contribution is -2.30. The molecule has 31 heavy (non-hydrogen) atoms. The van der Waals surface area contributed by atoms with Gasteiger partial charge in [-0.15, -0.1) is 0 Å². The first-order valence-electron chi connectivity index (χ1n) is 9.43. The van der Waals surface area contributed by atoms with Crippen LogP contribution in [0.25, 0.3) is 0 Å². The maximum absolute atomic E-state index is 13.5. The predicted molar refractivity (Wildman–Crippen MR) is 117 cm³/mol. The molecule has 0 amide bonds. The molecule has 0 N–H and O–H groups in total. The molecule has 164 valence electrons. The molecule has 0 aliphatic rings. The van der Waals surface area contributed by atoms with Crippen molar-refractivity contribution < 1.29 is 27.1 Å². The summed E-state index contributed by atoms with van der Waals surface area (Å²) >= 11 is 5.92. The molecule has 7 nitrogen and oxygen atoms in total. The summed E-state index contributed by atoms with van der Waals surface area (Å²) in [5.74, 6) is 0.00315. The molecule has 0 spiro atoms. The van der Waals surface area contributed by atoms with Crippen molar-refractivity contribution in [3.63, 3.8) is 0 Å². The second kappa shape index (κ2) is 9.45. The number of esters is 1. The number of ether oxygens (including phenoxy) is 2. The highest BCUT2D eigenvalue weighted by molar-refractivity contribution is 7.92. The first-order chi connectivity index (χ1) is 14.7. The Morgan fingerprint density at radius 1 is 1.06 bits per heavy atom. The van der Waals surface area contributed by atoms with Crippen molar-refractivity contribution in [2.75, 3.05) is 11.4 Å². The van der Waals surface area contributed by atoms with Crippen LogP contribution in [0.3, 0.4) is 0 Å². The van der Waals surface area contributed by atoms with E-state index in [1.54, 1.807) is 38.1 Å². The Hall–Kier alpha value is -2.97. The number of hydrogen-bond acceptors (Lipinski definition) is 6. The van der Waals surface area contributed by atoms with Crippen LogP contribution in [0.15, 0.2) is 70.0 Å². The second-order valence-electron chi connectivity index (χ2n) is 6.86. The van der Waals surface area contributed by atoms with Crippen LogP contribution in [0.5, 0.6) is 5.75 Å². The second-order valence-corrected chi connectivity index (χ2v) is 9.16. The van der Waals surface area contributed by atoms with E-state index in [1.807, 2.05) is 0 Å². The summed E-state index contributed by atoms with van der Waals surface area (Å²) in [6.07, 6.45) is -0.309. The van der Waals surface area contributed by atoms with Crippen LogP contribution >= 0.6 is 11.6 Å². The molecule has 0 radical (unpaired) electrons. The maximum atomic E-state index is 13.5. The summed E-state index contributed by atoms with van der Waals surface area (Å²) in [6.45, 7) is 3.29. The molecule has 0 fully saturated rings. The molecule has 0 unspecified atom stereocenters. The number of halogens is 1. The molecule has 0 atom stereocenters. The van der Waals surface area contributed by atoms with E-state index in [-0.39, 0.29) is 29.1 Å². The van der Waals surface area contributed by atoms with Crippen molar-refractivity contribution in [3.05, 3.63) is 77.2 Å². The zero-order valence-corrected chi connectivity index (χ0v) is 18.8. The Morgan fingerprint density at radius 2 is 1.74 bits per heavy atom. The number of hydrogen-bond donors (Lipinski definition) is 0. The maximum Gasteiger partial charge on any atom is 0.374 e. The fraction of sp³-hybridized carbons (Fsp3) is 0.227. The summed E-state index contributed by atoms with van der Waals surface area (Å²) in [5.41, 5.74) is 0.322. The normalized spacial score (nSPS) is 11.4. The smallest absolute Gasteiger partial charge is 0.374 e. The van der Waals surface area contributed by atoms with Crippen LogP contribution in [0, 0.1) is 0 Å². The molecule has 9 heteroatoms. The van der Waals surface area contributed by atoms with Gasteiger partial charge in [0.15, 0.2) is 0 Å². The van der Waals surface area contributed by atoms with Crippen molar-refractivity contribution in [3.8, 4) is 5.75 Å². The van der Waals surface area contributed by atoms with Crippen LogP contribution in [0.2, 0.25) is 5.02 Å². The SMILES string of the molecule is COc1ccccc1N(Cc1ccc(C(=O)OC(C)C)o1)S(=O)(=O)c1ccc(Cl)cc1. The summed E-state index contributed by atoms with van der Waals surface area (Å²) in [4.78, 5) is 12.1. The third-order valence-electron chi connectivity index (χ3n) is 4.26. The van der Waals surface area contributed by atoms with Gasteiger partial charge < -0.3 is 13.9 Å². The minimum Gasteiger partial charge on any atom is -0.495 e. The number of methoxy groups -OCH3 is 1. The monoisotopic (exact) mass is 463 g/mol. The van der Waals surface area contributed by atoms with E-state index in [1.165, 1.54) is 43.5 Å². The van der Waals surface area contributed by atoms with Gasteiger partial charge in [-0.05, 0) is 62.4 Å². The number of sulfonamides is 1. The molecule has 3 aromatic rings. The Labute approximate surface area is 186 Å². The summed E-state index contributed by atoms with van der Waals surface area (Å²) in [7, 11) is -2.56. The molecule has 0 aliphatic heterocycles. The van der Waals surface area contributed by atoms with E-state index in [2.05, 4.69) is 0 Å². The van der Waals surface area contributed by atoms with Gasteiger partial charge in [0.05, 0.1) is 30.3 Å². The highest BCUT2D eigenvalue weighted by atomic mass is 35.5. The van der Waals surface area contributed by atoms with Gasteiger partial charge in [-0.3, -0.25) is 4.31 Å².